The van der Waals surface area contributed by atoms with E-state index in [-0.39, 0.29) is 11.3 Å². The molecule has 0 spiro atoms. The molecule has 1 aromatic carbocycles. The maximum Gasteiger partial charge on any atom is 0.152 e. The number of benzene rings is 1. The highest BCUT2D eigenvalue weighted by Gasteiger charge is 2.37. The lowest BCUT2D eigenvalue weighted by Crippen LogP contribution is -2.43. The number of nitrogens with one attached hydrogen (secondary N) is 1. The summed E-state index contributed by atoms with van der Waals surface area (Å²) in [7, 11) is -2.85. The normalized spacial score (nSPS) is 25.7. The van der Waals surface area contributed by atoms with E-state index in [9.17, 15) is 8.42 Å². The van der Waals surface area contributed by atoms with Crippen LogP contribution in [0.25, 0.3) is 0 Å². The first-order chi connectivity index (χ1) is 8.71. The van der Waals surface area contributed by atoms with Gasteiger partial charge >= 0.3 is 0 Å². The van der Waals surface area contributed by atoms with Crippen molar-refractivity contribution in [2.45, 2.75) is 46.2 Å². The van der Waals surface area contributed by atoms with Crippen LogP contribution in [0.3, 0.4) is 0 Å². The minimum absolute atomic E-state index is 0.254. The van der Waals surface area contributed by atoms with Gasteiger partial charge in [0.15, 0.2) is 9.84 Å². The topological polar surface area (TPSA) is 46.2 Å². The van der Waals surface area contributed by atoms with Gasteiger partial charge < -0.3 is 5.32 Å². The second-order valence-electron chi connectivity index (χ2n) is 6.13. The highest BCUT2D eigenvalue weighted by atomic mass is 32.2. The van der Waals surface area contributed by atoms with Crippen LogP contribution >= 0.6 is 0 Å². The molecule has 4 heteroatoms. The first-order valence-corrected chi connectivity index (χ1v) is 8.55. The van der Waals surface area contributed by atoms with Gasteiger partial charge in [-0.05, 0) is 50.8 Å². The van der Waals surface area contributed by atoms with E-state index < -0.39 is 9.84 Å². The molecule has 1 aliphatic heterocycles. The van der Waals surface area contributed by atoms with E-state index >= 15 is 0 Å². The predicted molar refractivity (Wildman–Crippen MR) is 79.2 cm³/mol. The van der Waals surface area contributed by atoms with Crippen LogP contribution in [0.1, 0.15) is 35.6 Å². The lowest BCUT2D eigenvalue weighted by Gasteiger charge is -2.25. The molecular formula is C15H23NO2S. The quantitative estimate of drug-likeness (QED) is 0.924. The van der Waals surface area contributed by atoms with E-state index in [4.69, 9.17) is 0 Å². The summed E-state index contributed by atoms with van der Waals surface area (Å²) in [6, 6.07) is 4.36. The van der Waals surface area contributed by atoms with Crippen LogP contribution in [0.15, 0.2) is 12.1 Å². The van der Waals surface area contributed by atoms with E-state index in [0.29, 0.717) is 12.2 Å². The number of aryl methyl sites for hydroxylation is 3. The van der Waals surface area contributed by atoms with Gasteiger partial charge in [0.2, 0.25) is 0 Å². The summed E-state index contributed by atoms with van der Waals surface area (Å²) in [5, 5.41) is 3.45. The minimum Gasteiger partial charge on any atom is -0.306 e. The molecule has 106 valence electrons. The number of sulfone groups is 1. The molecule has 19 heavy (non-hydrogen) atoms. The molecule has 1 unspecified atom stereocenters. The summed E-state index contributed by atoms with van der Waals surface area (Å²) in [4.78, 5) is 0. The molecule has 1 aliphatic rings. The van der Waals surface area contributed by atoms with Crippen LogP contribution in [0.2, 0.25) is 0 Å². The van der Waals surface area contributed by atoms with Gasteiger partial charge in [0, 0.05) is 12.1 Å². The van der Waals surface area contributed by atoms with Crippen molar-refractivity contribution in [3.05, 3.63) is 34.4 Å². The predicted octanol–water partition coefficient (Wildman–Crippen LogP) is 2.28. The van der Waals surface area contributed by atoms with Crippen molar-refractivity contribution < 1.29 is 8.42 Å². The van der Waals surface area contributed by atoms with Crippen molar-refractivity contribution in [2.24, 2.45) is 0 Å². The number of hydrogen-bond acceptors (Lipinski definition) is 3. The van der Waals surface area contributed by atoms with Crippen LogP contribution in [0.4, 0.5) is 0 Å². The first-order valence-electron chi connectivity index (χ1n) is 6.73. The van der Waals surface area contributed by atoms with Crippen molar-refractivity contribution in [2.75, 3.05) is 11.5 Å². The molecule has 0 aromatic heterocycles. The Kier molecular flexibility index (Phi) is 3.76. The second-order valence-corrected chi connectivity index (χ2v) is 8.32. The molecular weight excluding hydrogens is 258 g/mol. The highest BCUT2D eigenvalue weighted by Crippen LogP contribution is 2.24. The molecule has 0 radical (unpaired) electrons. The van der Waals surface area contributed by atoms with Crippen molar-refractivity contribution in [1.29, 1.82) is 0 Å². The molecule has 1 heterocycles. The van der Waals surface area contributed by atoms with Gasteiger partial charge in [-0.15, -0.1) is 0 Å². The Morgan fingerprint density at radius 1 is 1.21 bits per heavy atom. The Morgan fingerprint density at radius 3 is 2.26 bits per heavy atom. The SMILES string of the molecule is Cc1cc(C)c(CNC2(C)CCS(=O)(=O)C2)c(C)c1. The van der Waals surface area contributed by atoms with Crippen molar-refractivity contribution in [3.8, 4) is 0 Å². The zero-order valence-corrected chi connectivity index (χ0v) is 13.0. The Bertz CT molecular complexity index is 569. The summed E-state index contributed by atoms with van der Waals surface area (Å²) >= 11 is 0. The fourth-order valence-electron chi connectivity index (χ4n) is 2.94. The minimum atomic E-state index is -2.85. The van der Waals surface area contributed by atoms with E-state index in [1.165, 1.54) is 22.3 Å². The Hall–Kier alpha value is -0.870. The van der Waals surface area contributed by atoms with Crippen LogP contribution in [0.5, 0.6) is 0 Å². The van der Waals surface area contributed by atoms with Crippen LogP contribution in [-0.4, -0.2) is 25.5 Å². The summed E-state index contributed by atoms with van der Waals surface area (Å²) in [5.41, 5.74) is 4.83. The van der Waals surface area contributed by atoms with Gasteiger partial charge in [0.05, 0.1) is 11.5 Å². The van der Waals surface area contributed by atoms with Crippen LogP contribution < -0.4 is 5.32 Å². The summed E-state index contributed by atoms with van der Waals surface area (Å²) in [5.74, 6) is 0.562. The summed E-state index contributed by atoms with van der Waals surface area (Å²) in [6.45, 7) is 9.08. The summed E-state index contributed by atoms with van der Waals surface area (Å²) in [6.07, 6.45) is 0.708. The third kappa shape index (κ3) is 3.37. The molecule has 1 atom stereocenters. The lowest BCUT2D eigenvalue weighted by atomic mass is 9.97. The zero-order chi connectivity index (χ0) is 14.3. The Balaban J connectivity index is 2.12. The molecule has 0 saturated carbocycles. The van der Waals surface area contributed by atoms with Gasteiger partial charge in [0.1, 0.15) is 0 Å². The Morgan fingerprint density at radius 2 is 1.79 bits per heavy atom. The lowest BCUT2D eigenvalue weighted by molar-refractivity contribution is 0.395. The van der Waals surface area contributed by atoms with E-state index in [0.717, 1.165) is 6.54 Å². The van der Waals surface area contributed by atoms with E-state index in [2.05, 4.69) is 38.2 Å². The van der Waals surface area contributed by atoms with Crippen LogP contribution in [0, 0.1) is 20.8 Å². The average molecular weight is 281 g/mol. The molecule has 1 aromatic rings. The third-order valence-electron chi connectivity index (χ3n) is 4.04. The third-order valence-corrected chi connectivity index (χ3v) is 5.94. The second kappa shape index (κ2) is 4.91. The molecule has 0 aliphatic carbocycles. The van der Waals surface area contributed by atoms with Gasteiger partial charge in [-0.3, -0.25) is 0 Å². The van der Waals surface area contributed by atoms with Crippen molar-refractivity contribution in [1.82, 2.24) is 5.32 Å². The maximum atomic E-state index is 11.6. The van der Waals surface area contributed by atoms with Gasteiger partial charge in [-0.2, -0.15) is 0 Å². The fourth-order valence-corrected chi connectivity index (χ4v) is 5.06. The van der Waals surface area contributed by atoms with Crippen LogP contribution in [-0.2, 0) is 16.4 Å². The molecule has 0 bridgehead atoms. The first kappa shape index (κ1) is 14.5. The number of hydrogen-bond donors (Lipinski definition) is 1. The Labute approximate surface area is 116 Å². The van der Waals surface area contributed by atoms with E-state index in [1.807, 2.05) is 6.92 Å². The maximum absolute atomic E-state index is 11.6. The molecule has 1 saturated heterocycles. The molecule has 1 fully saturated rings. The van der Waals surface area contributed by atoms with Crippen molar-refractivity contribution >= 4 is 9.84 Å². The monoisotopic (exact) mass is 281 g/mol. The molecule has 1 N–H and O–H groups in total. The standard InChI is InChI=1S/C15H23NO2S/c1-11-7-12(2)14(13(3)8-11)9-16-15(4)5-6-19(17,18)10-15/h7-8,16H,5-6,9-10H2,1-4H3. The van der Waals surface area contributed by atoms with Crippen molar-refractivity contribution in [3.63, 3.8) is 0 Å². The summed E-state index contributed by atoms with van der Waals surface area (Å²) < 4.78 is 23.2. The largest absolute Gasteiger partial charge is 0.306 e. The van der Waals surface area contributed by atoms with E-state index in [1.54, 1.807) is 0 Å². The van der Waals surface area contributed by atoms with Gasteiger partial charge in [-0.25, -0.2) is 8.42 Å². The highest BCUT2D eigenvalue weighted by molar-refractivity contribution is 7.91. The molecule has 2 rings (SSSR count). The molecule has 0 amide bonds. The average Bonchev–Trinajstić information content (AvgIpc) is 2.51. The smallest absolute Gasteiger partial charge is 0.152 e. The van der Waals surface area contributed by atoms with Gasteiger partial charge in [-0.1, -0.05) is 17.7 Å². The fraction of sp³-hybridized carbons (Fsp3) is 0.600. The number of rotatable bonds is 3. The molecule has 3 nitrogen and oxygen atoms in total. The zero-order valence-electron chi connectivity index (χ0n) is 12.2. The van der Waals surface area contributed by atoms with Gasteiger partial charge in [0.25, 0.3) is 0 Å².